The van der Waals surface area contributed by atoms with Gasteiger partial charge in [0.05, 0.1) is 17.5 Å². The van der Waals surface area contributed by atoms with Crippen molar-refractivity contribution in [2.45, 2.75) is 24.4 Å². The Morgan fingerprint density at radius 3 is 2.39 bits per heavy atom. The highest BCUT2D eigenvalue weighted by atomic mass is 31.2. The van der Waals surface area contributed by atoms with E-state index < -0.39 is 37.5 Å². The van der Waals surface area contributed by atoms with Gasteiger partial charge in [-0.05, 0) is 18.6 Å². The Bertz CT molecular complexity index is 763. The van der Waals surface area contributed by atoms with Crippen LogP contribution in [-0.4, -0.2) is 47.1 Å². The van der Waals surface area contributed by atoms with Crippen LogP contribution >= 0.6 is 7.60 Å². The third-order valence-electron chi connectivity index (χ3n) is 3.61. The van der Waals surface area contributed by atoms with Crippen molar-refractivity contribution in [2.24, 2.45) is 0 Å². The van der Waals surface area contributed by atoms with Crippen LogP contribution in [0.15, 0.2) is 24.3 Å². The molecule has 0 saturated heterocycles. The molecular formula is C13H15N2O7P. The van der Waals surface area contributed by atoms with Gasteiger partial charge in [0.2, 0.25) is 0 Å². The first-order valence-electron chi connectivity index (χ1n) is 6.60. The number of aliphatic carboxylic acids is 2. The van der Waals surface area contributed by atoms with Crippen molar-refractivity contribution in [3.63, 3.8) is 0 Å². The zero-order valence-electron chi connectivity index (χ0n) is 11.8. The summed E-state index contributed by atoms with van der Waals surface area (Å²) in [7, 11) is -5.21. The molecule has 2 aromatic rings. The number of aromatic nitrogens is 2. The number of aromatic amines is 1. The molecule has 0 spiro atoms. The van der Waals surface area contributed by atoms with Crippen LogP contribution in [0.2, 0.25) is 0 Å². The lowest BCUT2D eigenvalue weighted by Crippen LogP contribution is -2.41. The van der Waals surface area contributed by atoms with E-state index in [-0.39, 0.29) is 6.42 Å². The maximum absolute atomic E-state index is 11.6. The van der Waals surface area contributed by atoms with E-state index in [0.717, 1.165) is 0 Å². The van der Waals surface area contributed by atoms with Gasteiger partial charge in [-0.2, -0.15) is 0 Å². The summed E-state index contributed by atoms with van der Waals surface area (Å²) in [5.74, 6) is -3.11. The smallest absolute Gasteiger partial charge is 0.343 e. The summed E-state index contributed by atoms with van der Waals surface area (Å²) >= 11 is 0. The van der Waals surface area contributed by atoms with Crippen LogP contribution in [0.5, 0.6) is 0 Å². The minimum absolute atomic E-state index is 0.112. The number of hydrogen-bond donors (Lipinski definition) is 5. The molecule has 5 N–H and O–H groups in total. The van der Waals surface area contributed by atoms with Crippen molar-refractivity contribution in [2.75, 3.05) is 0 Å². The zero-order chi connectivity index (χ0) is 17.3. The minimum atomic E-state index is -5.21. The second-order valence-corrected chi connectivity index (χ2v) is 7.10. The maximum atomic E-state index is 11.6. The predicted molar refractivity (Wildman–Crippen MR) is 79.1 cm³/mol. The summed E-state index contributed by atoms with van der Waals surface area (Å²) in [5.41, 5.74) is 1.32. The number of carboxylic acids is 2. The number of rotatable bonds is 7. The summed E-state index contributed by atoms with van der Waals surface area (Å²) in [6.45, 7) is 0. The molecule has 0 bridgehead atoms. The number of nitrogens with zero attached hydrogens (tertiary/aromatic N) is 1. The molecule has 1 aromatic carbocycles. The third-order valence-corrected chi connectivity index (χ3v) is 5.30. The molecule has 0 amide bonds. The number of aryl methyl sites for hydroxylation is 1. The van der Waals surface area contributed by atoms with Crippen molar-refractivity contribution in [1.82, 2.24) is 9.97 Å². The molecule has 1 heterocycles. The molecule has 1 unspecified atom stereocenters. The second kappa shape index (κ2) is 6.11. The molecule has 23 heavy (non-hydrogen) atoms. The molecule has 9 nitrogen and oxygen atoms in total. The van der Waals surface area contributed by atoms with Gasteiger partial charge in [-0.3, -0.25) is 14.2 Å². The molecule has 0 aliphatic rings. The lowest BCUT2D eigenvalue weighted by molar-refractivity contribution is -0.147. The number of benzene rings is 1. The molecule has 1 atom stereocenters. The van der Waals surface area contributed by atoms with Crippen molar-refractivity contribution in [3.05, 3.63) is 30.1 Å². The number of fused-ring (bicyclic) bond motifs is 1. The fraction of sp³-hybridized carbons (Fsp3) is 0.308. The minimum Gasteiger partial charge on any atom is -0.481 e. The standard InChI is InChI=1S/C13H15N2O7P/c16-11(17)7-13(12(18)19,23(20,21)22)6-5-10-14-8-3-1-2-4-9(8)15-10/h1-4H,5-7H2,(H,14,15)(H,16,17)(H,18,19)(H2,20,21,22). The van der Waals surface area contributed by atoms with Gasteiger partial charge in [-0.25, -0.2) is 4.98 Å². The first-order valence-corrected chi connectivity index (χ1v) is 8.21. The Morgan fingerprint density at radius 1 is 1.22 bits per heavy atom. The van der Waals surface area contributed by atoms with Gasteiger partial charge in [-0.1, -0.05) is 12.1 Å². The largest absolute Gasteiger partial charge is 0.481 e. The van der Waals surface area contributed by atoms with E-state index in [1.54, 1.807) is 24.3 Å². The van der Waals surface area contributed by atoms with Gasteiger partial charge >= 0.3 is 19.5 Å². The molecule has 10 heteroatoms. The number of nitrogens with one attached hydrogen (secondary N) is 1. The molecule has 0 aliphatic carbocycles. The summed E-state index contributed by atoms with van der Waals surface area (Å²) in [4.78, 5) is 48.2. The summed E-state index contributed by atoms with van der Waals surface area (Å²) in [6, 6.07) is 7.00. The molecule has 0 radical (unpaired) electrons. The zero-order valence-corrected chi connectivity index (χ0v) is 12.7. The highest BCUT2D eigenvalue weighted by Gasteiger charge is 2.55. The van der Waals surface area contributed by atoms with E-state index in [1.807, 2.05) is 0 Å². The van der Waals surface area contributed by atoms with Crippen LogP contribution < -0.4 is 0 Å². The fourth-order valence-electron chi connectivity index (χ4n) is 2.34. The van der Waals surface area contributed by atoms with Gasteiger partial charge in [0.15, 0.2) is 5.16 Å². The van der Waals surface area contributed by atoms with Crippen LogP contribution in [0.4, 0.5) is 0 Å². The number of imidazole rings is 1. The summed E-state index contributed by atoms with van der Waals surface area (Å²) < 4.78 is 11.6. The van der Waals surface area contributed by atoms with Gasteiger partial charge in [0, 0.05) is 6.42 Å². The van der Waals surface area contributed by atoms with Crippen LogP contribution in [-0.2, 0) is 20.6 Å². The Morgan fingerprint density at radius 2 is 1.87 bits per heavy atom. The molecule has 0 fully saturated rings. The Labute approximate surface area is 130 Å². The van der Waals surface area contributed by atoms with Crippen molar-refractivity contribution in [1.29, 1.82) is 0 Å². The molecule has 1 aromatic heterocycles. The van der Waals surface area contributed by atoms with Gasteiger partial charge in [0.25, 0.3) is 0 Å². The number of hydrogen-bond acceptors (Lipinski definition) is 4. The quantitative estimate of drug-likeness (QED) is 0.465. The lowest BCUT2D eigenvalue weighted by atomic mass is 9.98. The highest BCUT2D eigenvalue weighted by molar-refractivity contribution is 7.54. The third kappa shape index (κ3) is 3.42. The SMILES string of the molecule is O=C(O)CC(CCc1nc2ccccc2[nH]1)(C(=O)O)P(=O)(O)O. The van der Waals surface area contributed by atoms with Crippen molar-refractivity contribution in [3.8, 4) is 0 Å². The van der Waals surface area contributed by atoms with Crippen LogP contribution in [0.25, 0.3) is 11.0 Å². The number of para-hydroxylation sites is 2. The Kier molecular flexibility index (Phi) is 4.56. The van der Waals surface area contributed by atoms with E-state index in [2.05, 4.69) is 9.97 Å². The first-order chi connectivity index (χ1) is 10.7. The topological polar surface area (TPSA) is 161 Å². The fourth-order valence-corrected chi connectivity index (χ4v) is 3.34. The number of carbonyl (C=O) groups is 2. The number of carboxylic acid groups (broad SMARTS) is 2. The monoisotopic (exact) mass is 342 g/mol. The van der Waals surface area contributed by atoms with Gasteiger partial charge < -0.3 is 25.0 Å². The average Bonchev–Trinajstić information content (AvgIpc) is 2.84. The van der Waals surface area contributed by atoms with E-state index in [4.69, 9.17) is 5.11 Å². The molecule has 124 valence electrons. The number of H-pyrrole nitrogens is 1. The van der Waals surface area contributed by atoms with Crippen molar-refractivity contribution >= 4 is 30.6 Å². The van der Waals surface area contributed by atoms with E-state index in [1.165, 1.54) is 0 Å². The molecule has 0 saturated carbocycles. The van der Waals surface area contributed by atoms with Crippen LogP contribution in [0, 0.1) is 0 Å². The van der Waals surface area contributed by atoms with Gasteiger partial charge in [-0.15, -0.1) is 0 Å². The van der Waals surface area contributed by atoms with E-state index in [0.29, 0.717) is 16.9 Å². The maximum Gasteiger partial charge on any atom is 0.343 e. The van der Waals surface area contributed by atoms with Crippen LogP contribution in [0.1, 0.15) is 18.7 Å². The molecule has 0 aliphatic heterocycles. The van der Waals surface area contributed by atoms with Gasteiger partial charge in [0.1, 0.15) is 5.82 Å². The average molecular weight is 342 g/mol. The molecule has 2 rings (SSSR count). The summed E-state index contributed by atoms with van der Waals surface area (Å²) in [5, 5.41) is 15.4. The lowest BCUT2D eigenvalue weighted by Gasteiger charge is -2.28. The van der Waals surface area contributed by atoms with E-state index >= 15 is 0 Å². The first kappa shape index (κ1) is 17.1. The normalized spacial score (nSPS) is 14.5. The van der Waals surface area contributed by atoms with Crippen molar-refractivity contribution < 1.29 is 34.2 Å². The second-order valence-electron chi connectivity index (χ2n) is 5.15. The Hall–Kier alpha value is -2.22. The van der Waals surface area contributed by atoms with E-state index in [9.17, 15) is 29.0 Å². The predicted octanol–water partition coefficient (Wildman–Crippen LogP) is 0.971. The van der Waals surface area contributed by atoms with Crippen LogP contribution in [0.3, 0.4) is 0 Å². The Balaban J connectivity index is 2.32. The summed E-state index contributed by atoms with van der Waals surface area (Å²) in [6.07, 6.45) is -1.84. The molecular weight excluding hydrogens is 327 g/mol. The highest BCUT2D eigenvalue weighted by Crippen LogP contribution is 2.55.